The van der Waals surface area contributed by atoms with Gasteiger partial charge in [0.1, 0.15) is 11.8 Å². The predicted molar refractivity (Wildman–Crippen MR) is 64.3 cm³/mol. The predicted octanol–water partition coefficient (Wildman–Crippen LogP) is 3.40. The third kappa shape index (κ3) is 2.50. The number of para-hydroxylation sites is 2. The monoisotopic (exact) mass is 258 g/mol. The van der Waals surface area contributed by atoms with Crippen LogP contribution in [0.15, 0.2) is 42.5 Å². The normalized spacial score (nSPS) is 9.68. The van der Waals surface area contributed by atoms with E-state index in [9.17, 15) is 14.5 Å². The number of hydrogen-bond acceptors (Lipinski definition) is 4. The number of rotatable bonds is 3. The largest absolute Gasteiger partial charge is 0.449 e. The number of nitriles is 1. The molecule has 0 heterocycles. The Kier molecular flexibility index (Phi) is 3.39. The highest BCUT2D eigenvalue weighted by Gasteiger charge is 2.22. The van der Waals surface area contributed by atoms with Crippen LogP contribution in [0.1, 0.15) is 5.56 Å². The lowest BCUT2D eigenvalue weighted by molar-refractivity contribution is -0.388. The van der Waals surface area contributed by atoms with E-state index in [2.05, 4.69) is 0 Å². The van der Waals surface area contributed by atoms with Gasteiger partial charge in [0.05, 0.1) is 10.5 Å². The summed E-state index contributed by atoms with van der Waals surface area (Å²) >= 11 is 0. The molecule has 0 radical (unpaired) electrons. The number of ether oxygens (including phenoxy) is 1. The van der Waals surface area contributed by atoms with Crippen molar-refractivity contribution >= 4 is 5.69 Å². The van der Waals surface area contributed by atoms with Crippen LogP contribution in [0.25, 0.3) is 0 Å². The third-order valence-corrected chi connectivity index (χ3v) is 2.36. The lowest BCUT2D eigenvalue weighted by Crippen LogP contribution is -1.97. The number of nitro benzene ring substituents is 1. The van der Waals surface area contributed by atoms with Crippen molar-refractivity contribution in [1.82, 2.24) is 0 Å². The Morgan fingerprint density at radius 3 is 2.53 bits per heavy atom. The molecule has 5 nitrogen and oxygen atoms in total. The van der Waals surface area contributed by atoms with Crippen molar-refractivity contribution in [2.24, 2.45) is 0 Å². The van der Waals surface area contributed by atoms with Crippen LogP contribution in [-0.2, 0) is 0 Å². The van der Waals surface area contributed by atoms with Gasteiger partial charge in [0.15, 0.2) is 0 Å². The number of nitrogens with zero attached hydrogens (tertiary/aromatic N) is 2. The Morgan fingerprint density at radius 2 is 1.84 bits per heavy atom. The van der Waals surface area contributed by atoms with Gasteiger partial charge in [-0.3, -0.25) is 10.1 Å². The maximum absolute atomic E-state index is 13.4. The van der Waals surface area contributed by atoms with Crippen LogP contribution >= 0.6 is 0 Å². The Morgan fingerprint density at radius 1 is 1.16 bits per heavy atom. The van der Waals surface area contributed by atoms with Crippen molar-refractivity contribution in [1.29, 1.82) is 5.26 Å². The summed E-state index contributed by atoms with van der Waals surface area (Å²) in [5.74, 6) is -1.09. The standard InChI is InChI=1S/C13H7FN2O3/c14-10-5-3-7-12(13(10)16(17)18)19-11-6-2-1-4-9(11)8-15/h1-7H. The molecule has 0 saturated carbocycles. The van der Waals surface area contributed by atoms with Crippen LogP contribution in [0.3, 0.4) is 0 Å². The van der Waals surface area contributed by atoms with Crippen molar-refractivity contribution in [3.63, 3.8) is 0 Å². The van der Waals surface area contributed by atoms with Gasteiger partial charge in [0.25, 0.3) is 0 Å². The van der Waals surface area contributed by atoms with Crippen LogP contribution < -0.4 is 4.74 Å². The zero-order valence-corrected chi connectivity index (χ0v) is 9.54. The fourth-order valence-corrected chi connectivity index (χ4v) is 1.52. The molecule has 19 heavy (non-hydrogen) atoms. The minimum Gasteiger partial charge on any atom is -0.449 e. The summed E-state index contributed by atoms with van der Waals surface area (Å²) in [5.41, 5.74) is -0.545. The summed E-state index contributed by atoms with van der Waals surface area (Å²) < 4.78 is 18.7. The molecule has 6 heteroatoms. The van der Waals surface area contributed by atoms with Gasteiger partial charge in [-0.2, -0.15) is 9.65 Å². The summed E-state index contributed by atoms with van der Waals surface area (Å²) in [6.07, 6.45) is 0. The Bertz CT molecular complexity index is 680. The molecule has 0 aromatic heterocycles. The van der Waals surface area contributed by atoms with Crippen molar-refractivity contribution in [2.75, 3.05) is 0 Å². The molecule has 2 aromatic rings. The van der Waals surface area contributed by atoms with E-state index >= 15 is 0 Å². The first-order valence-corrected chi connectivity index (χ1v) is 5.23. The number of hydrogen-bond donors (Lipinski definition) is 0. The molecule has 0 amide bonds. The van der Waals surface area contributed by atoms with Crippen LogP contribution in [0, 0.1) is 27.3 Å². The van der Waals surface area contributed by atoms with Gasteiger partial charge in [-0.25, -0.2) is 0 Å². The second-order valence-corrected chi connectivity index (χ2v) is 3.55. The fourth-order valence-electron chi connectivity index (χ4n) is 1.52. The van der Waals surface area contributed by atoms with Crippen molar-refractivity contribution < 1.29 is 14.1 Å². The SMILES string of the molecule is N#Cc1ccccc1Oc1cccc(F)c1[N+](=O)[O-]. The number of halogens is 1. The van der Waals surface area contributed by atoms with Gasteiger partial charge in [-0.1, -0.05) is 18.2 Å². The van der Waals surface area contributed by atoms with Crippen molar-refractivity contribution in [2.45, 2.75) is 0 Å². The molecule has 0 aliphatic heterocycles. The summed E-state index contributed by atoms with van der Waals surface area (Å²) in [5, 5.41) is 19.7. The van der Waals surface area contributed by atoms with E-state index < -0.39 is 16.4 Å². The summed E-state index contributed by atoms with van der Waals surface area (Å²) in [6, 6.07) is 11.7. The van der Waals surface area contributed by atoms with E-state index in [1.807, 2.05) is 6.07 Å². The maximum atomic E-state index is 13.4. The Labute approximate surface area is 107 Å². The van der Waals surface area contributed by atoms with E-state index in [-0.39, 0.29) is 17.1 Å². The second kappa shape index (κ2) is 5.14. The van der Waals surface area contributed by atoms with Crippen LogP contribution in [0.4, 0.5) is 10.1 Å². The first-order valence-electron chi connectivity index (χ1n) is 5.23. The lowest BCUT2D eigenvalue weighted by atomic mass is 10.2. The van der Waals surface area contributed by atoms with E-state index in [0.717, 1.165) is 6.07 Å². The Hall–Kier alpha value is -2.94. The molecule has 0 atom stereocenters. The molecule has 2 aromatic carbocycles. The number of benzene rings is 2. The molecule has 94 valence electrons. The van der Waals surface area contributed by atoms with Gasteiger partial charge in [0, 0.05) is 0 Å². The first kappa shape index (κ1) is 12.5. The molecule has 0 spiro atoms. The molecule has 0 aliphatic carbocycles. The fraction of sp³-hybridized carbons (Fsp3) is 0. The quantitative estimate of drug-likeness (QED) is 0.624. The van der Waals surface area contributed by atoms with E-state index in [1.165, 1.54) is 24.3 Å². The van der Waals surface area contributed by atoms with Gasteiger partial charge in [0.2, 0.25) is 11.6 Å². The zero-order chi connectivity index (χ0) is 13.8. The zero-order valence-electron chi connectivity index (χ0n) is 9.54. The smallest absolute Gasteiger partial charge is 0.346 e. The highest BCUT2D eigenvalue weighted by atomic mass is 19.1. The topological polar surface area (TPSA) is 76.2 Å². The minimum absolute atomic E-state index is 0.138. The molecule has 0 unspecified atom stereocenters. The highest BCUT2D eigenvalue weighted by Crippen LogP contribution is 2.34. The van der Waals surface area contributed by atoms with E-state index in [4.69, 9.17) is 10.00 Å². The average molecular weight is 258 g/mol. The Balaban J connectivity index is 2.48. The lowest BCUT2D eigenvalue weighted by Gasteiger charge is -2.07. The van der Waals surface area contributed by atoms with Gasteiger partial charge >= 0.3 is 5.69 Å². The van der Waals surface area contributed by atoms with Crippen molar-refractivity contribution in [3.8, 4) is 17.6 Å². The first-order chi connectivity index (χ1) is 9.13. The highest BCUT2D eigenvalue weighted by molar-refractivity contribution is 5.52. The molecular weight excluding hydrogens is 251 g/mol. The molecule has 0 N–H and O–H groups in total. The summed E-state index contributed by atoms with van der Waals surface area (Å²) in [7, 11) is 0. The third-order valence-electron chi connectivity index (χ3n) is 2.36. The molecule has 2 rings (SSSR count). The van der Waals surface area contributed by atoms with Crippen LogP contribution in [-0.4, -0.2) is 4.92 Å². The molecule has 0 aliphatic rings. The number of nitro groups is 1. The van der Waals surface area contributed by atoms with Gasteiger partial charge in [-0.15, -0.1) is 0 Å². The molecule has 0 saturated heterocycles. The van der Waals surface area contributed by atoms with E-state index in [0.29, 0.717) is 0 Å². The van der Waals surface area contributed by atoms with E-state index in [1.54, 1.807) is 12.1 Å². The van der Waals surface area contributed by atoms with Gasteiger partial charge in [-0.05, 0) is 24.3 Å². The van der Waals surface area contributed by atoms with Gasteiger partial charge < -0.3 is 4.74 Å². The molecular formula is C13H7FN2O3. The maximum Gasteiger partial charge on any atom is 0.346 e. The minimum atomic E-state index is -0.989. The average Bonchev–Trinajstić information content (AvgIpc) is 2.39. The molecule has 0 bridgehead atoms. The summed E-state index contributed by atoms with van der Waals surface area (Å²) in [4.78, 5) is 9.95. The van der Waals surface area contributed by atoms with Crippen LogP contribution in [0.5, 0.6) is 11.5 Å². The molecule has 0 fully saturated rings. The van der Waals surface area contributed by atoms with Crippen molar-refractivity contribution in [3.05, 3.63) is 64.0 Å². The summed E-state index contributed by atoms with van der Waals surface area (Å²) in [6.45, 7) is 0. The second-order valence-electron chi connectivity index (χ2n) is 3.55. The van der Waals surface area contributed by atoms with Crippen LogP contribution in [0.2, 0.25) is 0 Å².